The summed E-state index contributed by atoms with van der Waals surface area (Å²) in [7, 11) is 1.63. The standard InChI is InChI=1S/C12H26N4O2/c1-18-10-4-14-12(17)11-16-6-2-5-15(7-3-13)8-9-16/h2-11,13H2,1H3,(H,14,17). The van der Waals surface area contributed by atoms with Gasteiger partial charge in [0.25, 0.3) is 0 Å². The highest BCUT2D eigenvalue weighted by Crippen LogP contribution is 2.01. The van der Waals surface area contributed by atoms with Gasteiger partial charge in [-0.15, -0.1) is 0 Å². The van der Waals surface area contributed by atoms with Gasteiger partial charge in [0.05, 0.1) is 13.2 Å². The molecule has 0 aliphatic carbocycles. The van der Waals surface area contributed by atoms with Gasteiger partial charge in [0.1, 0.15) is 0 Å². The van der Waals surface area contributed by atoms with Crippen LogP contribution in [0.2, 0.25) is 0 Å². The zero-order valence-electron chi connectivity index (χ0n) is 11.4. The summed E-state index contributed by atoms with van der Waals surface area (Å²) in [4.78, 5) is 16.2. The van der Waals surface area contributed by atoms with Crippen molar-refractivity contribution in [3.05, 3.63) is 0 Å². The lowest BCUT2D eigenvalue weighted by Gasteiger charge is -2.20. The zero-order valence-corrected chi connectivity index (χ0v) is 11.4. The summed E-state index contributed by atoms with van der Waals surface area (Å²) in [6, 6.07) is 0. The maximum atomic E-state index is 11.7. The van der Waals surface area contributed by atoms with Crippen molar-refractivity contribution in [3.63, 3.8) is 0 Å². The minimum Gasteiger partial charge on any atom is -0.383 e. The van der Waals surface area contributed by atoms with Crippen molar-refractivity contribution in [2.45, 2.75) is 6.42 Å². The molecule has 0 bridgehead atoms. The van der Waals surface area contributed by atoms with Crippen molar-refractivity contribution in [3.8, 4) is 0 Å². The van der Waals surface area contributed by atoms with Crippen molar-refractivity contribution in [1.29, 1.82) is 0 Å². The van der Waals surface area contributed by atoms with Crippen molar-refractivity contribution < 1.29 is 9.53 Å². The van der Waals surface area contributed by atoms with E-state index in [-0.39, 0.29) is 5.91 Å². The first-order chi connectivity index (χ1) is 8.76. The van der Waals surface area contributed by atoms with E-state index >= 15 is 0 Å². The Bertz CT molecular complexity index is 238. The van der Waals surface area contributed by atoms with Crippen LogP contribution in [0.1, 0.15) is 6.42 Å². The molecule has 0 aromatic rings. The molecule has 1 aliphatic rings. The smallest absolute Gasteiger partial charge is 0.234 e. The molecule has 1 rings (SSSR count). The van der Waals surface area contributed by atoms with Gasteiger partial charge in [-0.2, -0.15) is 0 Å². The molecule has 0 aromatic heterocycles. The van der Waals surface area contributed by atoms with Crippen LogP contribution in [-0.2, 0) is 9.53 Å². The van der Waals surface area contributed by atoms with Gasteiger partial charge < -0.3 is 20.7 Å². The maximum absolute atomic E-state index is 11.7. The molecule has 1 heterocycles. The molecule has 0 spiro atoms. The van der Waals surface area contributed by atoms with Crippen LogP contribution >= 0.6 is 0 Å². The fraction of sp³-hybridized carbons (Fsp3) is 0.917. The first-order valence-corrected chi connectivity index (χ1v) is 6.66. The Labute approximate surface area is 109 Å². The topological polar surface area (TPSA) is 70.8 Å². The van der Waals surface area contributed by atoms with Crippen molar-refractivity contribution in [2.75, 3.05) is 66.1 Å². The third-order valence-corrected chi connectivity index (χ3v) is 3.12. The van der Waals surface area contributed by atoms with Crippen LogP contribution in [0.25, 0.3) is 0 Å². The van der Waals surface area contributed by atoms with Crippen LogP contribution in [-0.4, -0.2) is 81.8 Å². The van der Waals surface area contributed by atoms with E-state index in [1.165, 1.54) is 0 Å². The number of carbonyl (C=O) groups excluding carboxylic acids is 1. The average Bonchev–Trinajstić information content (AvgIpc) is 2.56. The molecule has 18 heavy (non-hydrogen) atoms. The predicted octanol–water partition coefficient (Wildman–Crippen LogP) is -1.28. The minimum absolute atomic E-state index is 0.0827. The van der Waals surface area contributed by atoms with E-state index in [1.807, 2.05) is 0 Å². The molecule has 1 amide bonds. The van der Waals surface area contributed by atoms with E-state index in [2.05, 4.69) is 15.1 Å². The average molecular weight is 258 g/mol. The van der Waals surface area contributed by atoms with Gasteiger partial charge in [-0.3, -0.25) is 9.69 Å². The normalized spacial score (nSPS) is 18.6. The fourth-order valence-corrected chi connectivity index (χ4v) is 2.14. The number of rotatable bonds is 7. The quantitative estimate of drug-likeness (QED) is 0.556. The highest BCUT2D eigenvalue weighted by atomic mass is 16.5. The molecule has 6 heteroatoms. The van der Waals surface area contributed by atoms with Crippen LogP contribution in [0.15, 0.2) is 0 Å². The van der Waals surface area contributed by atoms with Gasteiger partial charge in [0.2, 0.25) is 5.91 Å². The molecule has 106 valence electrons. The molecule has 1 aliphatic heterocycles. The number of nitrogens with one attached hydrogen (secondary N) is 1. The lowest BCUT2D eigenvalue weighted by molar-refractivity contribution is -0.122. The van der Waals surface area contributed by atoms with Gasteiger partial charge in [-0.25, -0.2) is 0 Å². The van der Waals surface area contributed by atoms with Crippen molar-refractivity contribution in [1.82, 2.24) is 15.1 Å². The van der Waals surface area contributed by atoms with Gasteiger partial charge in [0, 0.05) is 39.8 Å². The van der Waals surface area contributed by atoms with Crippen molar-refractivity contribution in [2.24, 2.45) is 5.73 Å². The van der Waals surface area contributed by atoms with E-state index < -0.39 is 0 Å². The molecular formula is C12H26N4O2. The Morgan fingerprint density at radius 2 is 2.00 bits per heavy atom. The van der Waals surface area contributed by atoms with Gasteiger partial charge in [-0.05, 0) is 19.5 Å². The second-order valence-electron chi connectivity index (χ2n) is 4.60. The Morgan fingerprint density at radius 1 is 1.28 bits per heavy atom. The highest BCUT2D eigenvalue weighted by molar-refractivity contribution is 5.77. The minimum atomic E-state index is 0.0827. The number of carbonyl (C=O) groups is 1. The summed E-state index contributed by atoms with van der Waals surface area (Å²) in [6.07, 6.45) is 1.10. The summed E-state index contributed by atoms with van der Waals surface area (Å²) in [5.41, 5.74) is 5.56. The van der Waals surface area contributed by atoms with E-state index in [1.54, 1.807) is 7.11 Å². The second kappa shape index (κ2) is 9.27. The summed E-state index contributed by atoms with van der Waals surface area (Å²) < 4.78 is 4.90. The second-order valence-corrected chi connectivity index (χ2v) is 4.60. The maximum Gasteiger partial charge on any atom is 0.234 e. The lowest BCUT2D eigenvalue weighted by atomic mass is 10.3. The molecular weight excluding hydrogens is 232 g/mol. The van der Waals surface area contributed by atoms with Crippen LogP contribution in [0.3, 0.4) is 0 Å². The summed E-state index contributed by atoms with van der Waals surface area (Å²) >= 11 is 0. The fourth-order valence-electron chi connectivity index (χ4n) is 2.14. The molecule has 0 saturated carbocycles. The highest BCUT2D eigenvalue weighted by Gasteiger charge is 2.16. The molecule has 0 radical (unpaired) electrons. The molecule has 1 saturated heterocycles. The molecule has 0 atom stereocenters. The SMILES string of the molecule is COCCNC(=O)CN1CCCN(CCN)CC1. The Morgan fingerprint density at radius 3 is 2.72 bits per heavy atom. The van der Waals surface area contributed by atoms with Gasteiger partial charge in [-0.1, -0.05) is 0 Å². The number of amides is 1. The molecule has 6 nitrogen and oxygen atoms in total. The summed E-state index contributed by atoms with van der Waals surface area (Å²) in [5.74, 6) is 0.0827. The number of hydrogen-bond donors (Lipinski definition) is 2. The third kappa shape index (κ3) is 6.30. The van der Waals surface area contributed by atoms with Crippen LogP contribution in [0.4, 0.5) is 0 Å². The zero-order chi connectivity index (χ0) is 13.2. The van der Waals surface area contributed by atoms with Crippen LogP contribution < -0.4 is 11.1 Å². The Balaban J connectivity index is 2.20. The monoisotopic (exact) mass is 258 g/mol. The molecule has 3 N–H and O–H groups in total. The number of nitrogens with two attached hydrogens (primary N) is 1. The molecule has 1 fully saturated rings. The lowest BCUT2D eigenvalue weighted by Crippen LogP contribution is -2.40. The number of methoxy groups -OCH3 is 1. The van der Waals surface area contributed by atoms with Crippen molar-refractivity contribution >= 4 is 5.91 Å². The van der Waals surface area contributed by atoms with E-state index in [0.29, 0.717) is 26.2 Å². The Kier molecular flexibility index (Phi) is 7.91. The predicted molar refractivity (Wildman–Crippen MR) is 71.4 cm³/mol. The van der Waals surface area contributed by atoms with E-state index in [4.69, 9.17) is 10.5 Å². The first-order valence-electron chi connectivity index (χ1n) is 6.66. The molecule has 0 unspecified atom stereocenters. The van der Waals surface area contributed by atoms with Crippen LogP contribution in [0.5, 0.6) is 0 Å². The number of hydrogen-bond acceptors (Lipinski definition) is 5. The van der Waals surface area contributed by atoms with Gasteiger partial charge in [0.15, 0.2) is 0 Å². The van der Waals surface area contributed by atoms with Gasteiger partial charge >= 0.3 is 0 Å². The summed E-state index contributed by atoms with van der Waals surface area (Å²) in [6.45, 7) is 7.31. The largest absolute Gasteiger partial charge is 0.383 e. The number of ether oxygens (including phenoxy) is 1. The first kappa shape index (κ1) is 15.4. The van der Waals surface area contributed by atoms with E-state index in [9.17, 15) is 4.79 Å². The Hall–Kier alpha value is -0.690. The van der Waals surface area contributed by atoms with Crippen LogP contribution in [0, 0.1) is 0 Å². The number of nitrogens with zero attached hydrogens (tertiary/aromatic N) is 2. The summed E-state index contributed by atoms with van der Waals surface area (Å²) in [5, 5.41) is 2.85. The molecule has 0 aromatic carbocycles. The third-order valence-electron chi connectivity index (χ3n) is 3.12. The van der Waals surface area contributed by atoms with E-state index in [0.717, 1.165) is 39.1 Å².